The zero-order chi connectivity index (χ0) is 7.33. The molecular weight excluding hydrogens is 201 g/mol. The van der Waals surface area contributed by atoms with Crippen molar-refractivity contribution in [3.63, 3.8) is 0 Å². The van der Waals surface area contributed by atoms with Crippen LogP contribution >= 0.6 is 0 Å². The highest BCUT2D eigenvalue weighted by atomic mass is 28.4. The summed E-state index contributed by atoms with van der Waals surface area (Å²) in [4.78, 5) is 0. The molecule has 9 heteroatoms. The smallest absolute Gasteiger partial charge is 0.499 e. The first kappa shape index (κ1) is 10.9. The van der Waals surface area contributed by atoms with Crippen LogP contribution in [0.4, 0.5) is 0 Å². The van der Waals surface area contributed by atoms with Gasteiger partial charge in [0.1, 0.15) is 0 Å². The molecule has 4 nitrogen and oxygen atoms in total. The predicted molar refractivity (Wildman–Crippen MR) is 33.1 cm³/mol. The van der Waals surface area contributed by atoms with Gasteiger partial charge >= 0.3 is 58.9 Å². The van der Waals surface area contributed by atoms with Crippen LogP contribution in [0.15, 0.2) is 0 Å². The highest BCUT2D eigenvalue weighted by molar-refractivity contribution is 6.66. The van der Waals surface area contributed by atoms with E-state index >= 15 is 0 Å². The standard InChI is InChI=1S/3Al.O4Si2/c;;;1-6(2,3)4-5/q3*+1;-3. The van der Waals surface area contributed by atoms with E-state index < -0.39 is 9.05 Å². The topological polar surface area (TPSA) is 36.9 Å². The van der Waals surface area contributed by atoms with Crippen molar-refractivity contribution in [2.75, 3.05) is 0 Å². The zero-order valence-electron chi connectivity index (χ0n) is 4.37. The van der Waals surface area contributed by atoms with Gasteiger partial charge in [-0.05, 0) is 0 Å². The Morgan fingerprint density at radius 3 is 1.33 bits per heavy atom. The first-order chi connectivity index (χ1) is 4.24. The fraction of sp³-hybridized carbons (Fsp3) is 0. The molecule has 0 aliphatic carbocycles. The molecule has 0 aromatic rings. The summed E-state index contributed by atoms with van der Waals surface area (Å²) in [5.41, 5.74) is 0. The van der Waals surface area contributed by atoms with Gasteiger partial charge in [-0.3, -0.25) is 0 Å². The summed E-state index contributed by atoms with van der Waals surface area (Å²) in [6.45, 7) is 0. The molecule has 9 heavy (non-hydrogen) atoms. The van der Waals surface area contributed by atoms with Crippen LogP contribution in [0.3, 0.4) is 0 Å². The van der Waals surface area contributed by atoms with Crippen LogP contribution in [0, 0.1) is 0 Å². The number of rotatable bonds is 4. The quantitative estimate of drug-likeness (QED) is 0.485. The van der Waals surface area contributed by atoms with Crippen molar-refractivity contribution >= 4 is 69.4 Å². The fourth-order valence-electron chi connectivity index (χ4n) is 0.156. The van der Waals surface area contributed by atoms with Crippen LogP contribution in [0.2, 0.25) is 0 Å². The second-order valence-corrected chi connectivity index (χ2v) is 5.60. The zero-order valence-corrected chi connectivity index (χ0v) is 9.83. The molecule has 0 aliphatic heterocycles. The van der Waals surface area contributed by atoms with Crippen molar-refractivity contribution in [1.82, 2.24) is 0 Å². The van der Waals surface area contributed by atoms with Gasteiger partial charge in [-0.25, -0.2) is 0 Å². The van der Waals surface area contributed by atoms with Crippen LogP contribution in [0.25, 0.3) is 0 Å². The van der Waals surface area contributed by atoms with Gasteiger partial charge in [0.25, 0.3) is 0 Å². The molecule has 41 valence electrons. The Balaban J connectivity index is 3.82. The van der Waals surface area contributed by atoms with E-state index in [2.05, 4.69) is 25.0 Å². The second-order valence-electron chi connectivity index (χ2n) is 0.956. The minimum atomic E-state index is -2.89. The van der Waals surface area contributed by atoms with Crippen LogP contribution in [0.5, 0.6) is 0 Å². The summed E-state index contributed by atoms with van der Waals surface area (Å²) in [7, 11) is -0.142. The summed E-state index contributed by atoms with van der Waals surface area (Å²) in [5.74, 6) is 0. The normalized spacial score (nSPS) is 11.7. The molecule has 0 N–H and O–H groups in total. The first-order valence-corrected chi connectivity index (χ1v) is 5.18. The number of hydrogen-bond acceptors (Lipinski definition) is 4. The molecule has 0 atom stereocenters. The van der Waals surface area contributed by atoms with Crippen LogP contribution in [-0.2, 0) is 14.5 Å². The summed E-state index contributed by atoms with van der Waals surface area (Å²) in [6, 6.07) is 0. The maximum atomic E-state index is 4.68. The molecule has 9 radical (unpaired) electrons. The molecule has 0 rings (SSSR count). The van der Waals surface area contributed by atoms with E-state index in [1.807, 2.05) is 49.9 Å². The van der Waals surface area contributed by atoms with Gasteiger partial charge in [-0.1, -0.05) is 0 Å². The minimum Gasteiger partial charge on any atom is -0.499 e. The summed E-state index contributed by atoms with van der Waals surface area (Å²) < 4.78 is 18.7. The molecule has 0 aromatic heterocycles. The summed E-state index contributed by atoms with van der Waals surface area (Å²) in [6.07, 6.45) is 0. The average Bonchev–Trinajstić information content (AvgIpc) is 1.95. The third kappa shape index (κ3) is 3.18. The van der Waals surface area contributed by atoms with Gasteiger partial charge in [0.2, 0.25) is 10.5 Å². The molecule has 0 unspecified atom stereocenters. The lowest BCUT2D eigenvalue weighted by Crippen LogP contribution is -2.46. The van der Waals surface area contributed by atoms with Crippen LogP contribution in [0.1, 0.15) is 0 Å². The Hall–Kier alpha value is 1.87. The van der Waals surface area contributed by atoms with Gasteiger partial charge in [0, 0.05) is 0 Å². The van der Waals surface area contributed by atoms with Crippen LogP contribution < -0.4 is 0 Å². The third-order valence-corrected chi connectivity index (χ3v) is 5.02. The molecule has 0 saturated heterocycles. The van der Waals surface area contributed by atoms with E-state index in [1.165, 1.54) is 0 Å². The molecule has 0 amide bonds. The second kappa shape index (κ2) is 5.51. The van der Waals surface area contributed by atoms with E-state index in [1.54, 1.807) is 0 Å². The summed E-state index contributed by atoms with van der Waals surface area (Å²) in [5, 5.41) is 0. The Labute approximate surface area is 83.5 Å². The van der Waals surface area contributed by atoms with E-state index in [-0.39, 0.29) is 0 Å². The van der Waals surface area contributed by atoms with Gasteiger partial charge in [0.15, 0.2) is 0 Å². The molecule has 0 fully saturated rings. The summed E-state index contributed by atoms with van der Waals surface area (Å²) >= 11 is 5.96. The average molecular weight is 201 g/mol. The third-order valence-electron chi connectivity index (χ3n) is 0.558. The monoisotopic (exact) mass is 201 g/mol. The van der Waals surface area contributed by atoms with Gasteiger partial charge in [-0.15, -0.1) is 0 Å². The molecular formula is Al3O4Si2. The van der Waals surface area contributed by atoms with Gasteiger partial charge < -0.3 is 14.5 Å². The Kier molecular flexibility index (Phi) is 6.66. The van der Waals surface area contributed by atoms with Crippen molar-refractivity contribution < 1.29 is 14.5 Å². The highest BCUT2D eigenvalue weighted by Crippen LogP contribution is 2.02. The lowest BCUT2D eigenvalue weighted by atomic mass is 15.6. The molecule has 0 aliphatic rings. The van der Waals surface area contributed by atoms with E-state index in [4.69, 9.17) is 0 Å². The van der Waals surface area contributed by atoms with Crippen molar-refractivity contribution in [3.8, 4) is 0 Å². The van der Waals surface area contributed by atoms with Crippen molar-refractivity contribution in [3.05, 3.63) is 0 Å². The Bertz CT molecular complexity index is 56.7. The minimum absolute atomic E-state index is 1.99. The van der Waals surface area contributed by atoms with E-state index in [0.29, 0.717) is 0 Å². The number of hydrogen-bond donors (Lipinski definition) is 0. The van der Waals surface area contributed by atoms with E-state index in [9.17, 15) is 0 Å². The largest absolute Gasteiger partial charge is 0.576 e. The SMILES string of the molecule is [Al][O][Si]([O][Al])([O][Al])O[Si]. The highest BCUT2D eigenvalue weighted by Gasteiger charge is 2.32. The van der Waals surface area contributed by atoms with Crippen molar-refractivity contribution in [2.45, 2.75) is 0 Å². The lowest BCUT2D eigenvalue weighted by Gasteiger charge is -2.27. The maximum absolute atomic E-state index is 4.68. The van der Waals surface area contributed by atoms with Crippen molar-refractivity contribution in [2.24, 2.45) is 0 Å². The first-order valence-electron chi connectivity index (χ1n) is 1.73. The van der Waals surface area contributed by atoms with Crippen molar-refractivity contribution in [1.29, 1.82) is 0 Å². The Morgan fingerprint density at radius 2 is 1.33 bits per heavy atom. The molecule has 0 heterocycles. The van der Waals surface area contributed by atoms with Gasteiger partial charge in [0.05, 0.1) is 0 Å². The van der Waals surface area contributed by atoms with Gasteiger partial charge in [-0.2, -0.15) is 0 Å². The molecule has 0 bridgehead atoms. The lowest BCUT2D eigenvalue weighted by molar-refractivity contribution is 0.189. The predicted octanol–water partition coefficient (Wildman–Crippen LogP) is -2.18. The molecule has 0 aromatic carbocycles. The fourth-order valence-corrected chi connectivity index (χ4v) is 4.20. The Morgan fingerprint density at radius 1 is 1.00 bits per heavy atom. The van der Waals surface area contributed by atoms with E-state index in [0.717, 1.165) is 0 Å². The molecule has 0 spiro atoms. The van der Waals surface area contributed by atoms with Crippen LogP contribution in [-0.4, -0.2) is 69.4 Å². The maximum Gasteiger partial charge on any atom is 0.576 e. The molecule has 0 saturated carbocycles.